The molecule has 1 aromatic carbocycles. The van der Waals surface area contributed by atoms with Crippen LogP contribution in [0.3, 0.4) is 0 Å². The Hall–Kier alpha value is -3.66. The zero-order valence-corrected chi connectivity index (χ0v) is 19.3. The van der Waals surface area contributed by atoms with E-state index in [0.717, 1.165) is 47.4 Å². The highest BCUT2D eigenvalue weighted by Gasteiger charge is 2.24. The maximum Gasteiger partial charge on any atom is 0.203 e. The van der Waals surface area contributed by atoms with Crippen LogP contribution in [0.15, 0.2) is 52.6 Å². The largest absolute Gasteiger partial charge is 0.393 e. The first kappa shape index (κ1) is 22.1. The lowest BCUT2D eigenvalue weighted by molar-refractivity contribution is 0.107. The molecule has 0 spiro atoms. The number of aliphatic hydroxyl groups is 1. The highest BCUT2D eigenvalue weighted by molar-refractivity contribution is 7.99. The Morgan fingerprint density at radius 1 is 1.18 bits per heavy atom. The van der Waals surface area contributed by atoms with Crippen molar-refractivity contribution in [3.63, 3.8) is 0 Å². The molecule has 3 aromatic heterocycles. The van der Waals surface area contributed by atoms with Crippen molar-refractivity contribution in [2.24, 2.45) is 0 Å². The molecule has 0 radical (unpaired) electrons. The van der Waals surface area contributed by atoms with Crippen LogP contribution in [0, 0.1) is 30.6 Å². The van der Waals surface area contributed by atoms with Gasteiger partial charge >= 0.3 is 0 Å². The molecule has 0 aliphatic heterocycles. The van der Waals surface area contributed by atoms with Crippen molar-refractivity contribution in [3.8, 4) is 17.2 Å². The SMILES string of the molecule is [C-]#[N+]c1cc(F)ccc1Sc1cc(-c2cnn(C3CCC(O)CC3)c2C)cn2ncc(C#N)c12. The number of halogens is 1. The van der Waals surface area contributed by atoms with E-state index < -0.39 is 5.82 Å². The minimum atomic E-state index is -0.463. The first-order chi connectivity index (χ1) is 16.5. The summed E-state index contributed by atoms with van der Waals surface area (Å²) < 4.78 is 17.4. The van der Waals surface area contributed by atoms with Gasteiger partial charge in [-0.15, -0.1) is 0 Å². The molecule has 9 heteroatoms. The summed E-state index contributed by atoms with van der Waals surface area (Å²) in [7, 11) is 0. The van der Waals surface area contributed by atoms with E-state index in [1.807, 2.05) is 30.1 Å². The second-order valence-corrected chi connectivity index (χ2v) is 9.52. The molecule has 0 saturated heterocycles. The third-order valence-electron chi connectivity index (χ3n) is 6.33. The average Bonchev–Trinajstić information content (AvgIpc) is 3.44. The van der Waals surface area contributed by atoms with E-state index in [1.54, 1.807) is 10.6 Å². The molecule has 1 aliphatic carbocycles. The van der Waals surface area contributed by atoms with Gasteiger partial charge in [-0.3, -0.25) is 4.68 Å². The van der Waals surface area contributed by atoms with Crippen molar-refractivity contribution in [2.75, 3.05) is 0 Å². The van der Waals surface area contributed by atoms with E-state index in [1.165, 1.54) is 30.1 Å². The molecule has 170 valence electrons. The molecule has 3 heterocycles. The second-order valence-electron chi connectivity index (χ2n) is 8.43. The van der Waals surface area contributed by atoms with Crippen LogP contribution >= 0.6 is 11.8 Å². The van der Waals surface area contributed by atoms with E-state index in [-0.39, 0.29) is 17.8 Å². The number of aromatic nitrogens is 4. The summed E-state index contributed by atoms with van der Waals surface area (Å²) in [5, 5.41) is 28.5. The zero-order valence-electron chi connectivity index (χ0n) is 18.4. The van der Waals surface area contributed by atoms with Crippen LogP contribution in [-0.4, -0.2) is 30.6 Å². The van der Waals surface area contributed by atoms with Gasteiger partial charge in [0.1, 0.15) is 11.9 Å². The Balaban J connectivity index is 1.60. The lowest BCUT2D eigenvalue weighted by atomic mass is 9.93. The Bertz CT molecular complexity index is 1470. The summed E-state index contributed by atoms with van der Waals surface area (Å²) in [6.07, 6.45) is 8.33. The number of aliphatic hydroxyl groups excluding tert-OH is 1. The fraction of sp³-hybridized carbons (Fsp3) is 0.280. The van der Waals surface area contributed by atoms with Gasteiger partial charge < -0.3 is 5.11 Å². The summed E-state index contributed by atoms with van der Waals surface area (Å²) >= 11 is 1.31. The number of rotatable bonds is 4. The zero-order chi connectivity index (χ0) is 23.8. The molecule has 5 rings (SSSR count). The van der Waals surface area contributed by atoms with E-state index >= 15 is 0 Å². The summed E-state index contributed by atoms with van der Waals surface area (Å²) in [6.45, 7) is 9.46. The van der Waals surface area contributed by atoms with Crippen LogP contribution in [-0.2, 0) is 0 Å². The molecular formula is C25H21FN6OS. The van der Waals surface area contributed by atoms with E-state index in [9.17, 15) is 14.8 Å². The Labute approximate surface area is 200 Å². The number of hydrogen-bond donors (Lipinski definition) is 1. The lowest BCUT2D eigenvalue weighted by Gasteiger charge is -2.26. The van der Waals surface area contributed by atoms with Gasteiger partial charge in [0, 0.05) is 32.8 Å². The summed E-state index contributed by atoms with van der Waals surface area (Å²) in [6, 6.07) is 8.53. The fourth-order valence-corrected chi connectivity index (χ4v) is 5.62. The van der Waals surface area contributed by atoms with Crippen LogP contribution < -0.4 is 0 Å². The van der Waals surface area contributed by atoms with Crippen molar-refractivity contribution in [1.29, 1.82) is 5.26 Å². The lowest BCUT2D eigenvalue weighted by Crippen LogP contribution is -2.22. The van der Waals surface area contributed by atoms with Crippen LogP contribution in [0.1, 0.15) is 43.0 Å². The molecule has 1 aliphatic rings. The average molecular weight is 473 g/mol. The molecular weight excluding hydrogens is 451 g/mol. The predicted molar refractivity (Wildman–Crippen MR) is 126 cm³/mol. The number of nitrogens with zero attached hydrogens (tertiary/aromatic N) is 6. The molecule has 0 bridgehead atoms. The Morgan fingerprint density at radius 3 is 2.71 bits per heavy atom. The van der Waals surface area contributed by atoms with Crippen molar-refractivity contribution in [2.45, 2.75) is 54.5 Å². The van der Waals surface area contributed by atoms with Crippen LogP contribution in [0.5, 0.6) is 0 Å². The van der Waals surface area contributed by atoms with Crippen LogP contribution in [0.25, 0.3) is 21.5 Å². The molecule has 0 unspecified atom stereocenters. The number of pyridine rings is 1. The standard InChI is InChI=1S/C25H21FN6OS/c1-15-21(13-30-32(15)19-4-6-20(33)7-5-19)16-9-24(25-17(11-27)12-29-31(25)14-16)34-23-8-3-18(26)10-22(23)28-2/h3,8-10,12-14,19-20,33H,4-7H2,1H3. The van der Waals surface area contributed by atoms with Gasteiger partial charge in [-0.25, -0.2) is 13.8 Å². The predicted octanol–water partition coefficient (Wildman–Crippen LogP) is 5.69. The van der Waals surface area contributed by atoms with Gasteiger partial charge in [0.2, 0.25) is 5.69 Å². The first-order valence-electron chi connectivity index (χ1n) is 11.0. The molecule has 34 heavy (non-hydrogen) atoms. The maximum absolute atomic E-state index is 13.7. The Kier molecular flexibility index (Phi) is 5.82. The molecule has 0 amide bonds. The molecule has 1 N–H and O–H groups in total. The van der Waals surface area contributed by atoms with Crippen molar-refractivity contribution < 1.29 is 9.50 Å². The Morgan fingerprint density at radius 2 is 1.97 bits per heavy atom. The fourth-order valence-electron chi connectivity index (χ4n) is 4.55. The third kappa shape index (κ3) is 3.94. The first-order valence-corrected chi connectivity index (χ1v) is 11.8. The molecule has 0 atom stereocenters. The summed E-state index contributed by atoms with van der Waals surface area (Å²) in [5.74, 6) is -0.463. The summed E-state index contributed by atoms with van der Waals surface area (Å²) in [4.78, 5) is 4.82. The van der Waals surface area contributed by atoms with Gasteiger partial charge in [-0.05, 0) is 50.8 Å². The van der Waals surface area contributed by atoms with Crippen molar-refractivity contribution in [3.05, 3.63) is 71.3 Å². The van der Waals surface area contributed by atoms with Gasteiger partial charge in [-0.2, -0.15) is 15.5 Å². The van der Waals surface area contributed by atoms with Crippen LogP contribution in [0.4, 0.5) is 10.1 Å². The molecule has 4 aromatic rings. The van der Waals surface area contributed by atoms with E-state index in [4.69, 9.17) is 6.57 Å². The monoisotopic (exact) mass is 472 g/mol. The topological polar surface area (TPSA) is 83.5 Å². The highest BCUT2D eigenvalue weighted by atomic mass is 32.2. The maximum atomic E-state index is 13.7. The smallest absolute Gasteiger partial charge is 0.203 e. The quantitative estimate of drug-likeness (QED) is 0.386. The second kappa shape index (κ2) is 8.94. The van der Waals surface area contributed by atoms with Crippen molar-refractivity contribution in [1.82, 2.24) is 19.4 Å². The van der Waals surface area contributed by atoms with Crippen LogP contribution in [0.2, 0.25) is 0 Å². The molecule has 1 saturated carbocycles. The van der Waals surface area contributed by atoms with E-state index in [0.29, 0.717) is 16.0 Å². The van der Waals surface area contributed by atoms with Crippen molar-refractivity contribution >= 4 is 23.0 Å². The third-order valence-corrected chi connectivity index (χ3v) is 7.42. The molecule has 7 nitrogen and oxygen atoms in total. The summed E-state index contributed by atoms with van der Waals surface area (Å²) in [5.41, 5.74) is 4.14. The number of nitriles is 1. The molecule has 1 fully saturated rings. The van der Waals surface area contributed by atoms with Gasteiger partial charge in [0.25, 0.3) is 0 Å². The highest BCUT2D eigenvalue weighted by Crippen LogP contribution is 2.41. The van der Waals surface area contributed by atoms with Gasteiger partial charge in [0.05, 0.1) is 42.2 Å². The normalized spacial score (nSPS) is 18.0. The number of hydrogen-bond acceptors (Lipinski definition) is 5. The number of fused-ring (bicyclic) bond motifs is 1. The minimum Gasteiger partial charge on any atom is -0.393 e. The van der Waals surface area contributed by atoms with Gasteiger partial charge in [0.15, 0.2) is 0 Å². The number of benzene rings is 1. The van der Waals surface area contributed by atoms with E-state index in [2.05, 4.69) is 21.1 Å². The van der Waals surface area contributed by atoms with Gasteiger partial charge in [-0.1, -0.05) is 17.8 Å². The minimum absolute atomic E-state index is 0.218.